The van der Waals surface area contributed by atoms with Gasteiger partial charge in [0.25, 0.3) is 0 Å². The zero-order valence-corrected chi connectivity index (χ0v) is 9.16. The minimum atomic E-state index is -4.51. The molecule has 1 aromatic carbocycles. The van der Waals surface area contributed by atoms with Crippen LogP contribution in [0.3, 0.4) is 0 Å². The molecule has 0 amide bonds. The van der Waals surface area contributed by atoms with Gasteiger partial charge in [-0.05, 0) is 24.4 Å². The van der Waals surface area contributed by atoms with Crippen LogP contribution in [0.1, 0.15) is 0 Å². The van der Waals surface area contributed by atoms with Crippen molar-refractivity contribution in [3.63, 3.8) is 0 Å². The number of thiocarbonyl (C=S) groups is 1. The standard InChI is InChI=1S/C9H8F4N2OS/c10-6-3-5(15-8(14)17)1-2-7(6)16-4-9(11,12)13/h1-3H,4H2,(H3,14,15,17). The van der Waals surface area contributed by atoms with Crippen LogP contribution in [0.15, 0.2) is 18.2 Å². The maximum absolute atomic E-state index is 13.3. The molecule has 17 heavy (non-hydrogen) atoms. The van der Waals surface area contributed by atoms with Gasteiger partial charge in [0.2, 0.25) is 0 Å². The number of hydrogen-bond acceptors (Lipinski definition) is 2. The van der Waals surface area contributed by atoms with Crippen LogP contribution in [-0.2, 0) is 0 Å². The monoisotopic (exact) mass is 268 g/mol. The Hall–Kier alpha value is -1.57. The molecule has 0 unspecified atom stereocenters. The van der Waals surface area contributed by atoms with Gasteiger partial charge < -0.3 is 15.8 Å². The Labute approximate surface area is 99.6 Å². The number of nitrogens with two attached hydrogens (primary N) is 1. The highest BCUT2D eigenvalue weighted by Crippen LogP contribution is 2.23. The molecule has 3 nitrogen and oxygen atoms in total. The predicted octanol–water partition coefficient (Wildman–Crippen LogP) is 2.42. The van der Waals surface area contributed by atoms with Crippen molar-refractivity contribution in [1.82, 2.24) is 0 Å². The van der Waals surface area contributed by atoms with Gasteiger partial charge in [-0.1, -0.05) is 0 Å². The van der Waals surface area contributed by atoms with Crippen molar-refractivity contribution < 1.29 is 22.3 Å². The van der Waals surface area contributed by atoms with Crippen molar-refractivity contribution >= 4 is 23.0 Å². The van der Waals surface area contributed by atoms with E-state index in [2.05, 4.69) is 22.3 Å². The highest BCUT2D eigenvalue weighted by atomic mass is 32.1. The highest BCUT2D eigenvalue weighted by Gasteiger charge is 2.28. The number of benzene rings is 1. The normalized spacial score (nSPS) is 11.1. The van der Waals surface area contributed by atoms with E-state index in [1.807, 2.05) is 0 Å². The van der Waals surface area contributed by atoms with E-state index in [-0.39, 0.29) is 10.8 Å². The van der Waals surface area contributed by atoms with Crippen molar-refractivity contribution in [2.75, 3.05) is 11.9 Å². The molecule has 0 bridgehead atoms. The Morgan fingerprint density at radius 1 is 1.41 bits per heavy atom. The van der Waals surface area contributed by atoms with E-state index in [0.29, 0.717) is 0 Å². The zero-order chi connectivity index (χ0) is 13.1. The topological polar surface area (TPSA) is 47.3 Å². The molecule has 0 atom stereocenters. The first-order chi connectivity index (χ1) is 7.78. The second-order valence-electron chi connectivity index (χ2n) is 3.04. The lowest BCUT2D eigenvalue weighted by atomic mass is 10.3. The molecule has 94 valence electrons. The average molecular weight is 268 g/mol. The lowest BCUT2D eigenvalue weighted by Gasteiger charge is -2.11. The molecule has 0 saturated heterocycles. The van der Waals surface area contributed by atoms with E-state index < -0.39 is 24.3 Å². The molecule has 0 aliphatic carbocycles. The van der Waals surface area contributed by atoms with Crippen LogP contribution in [0.5, 0.6) is 5.75 Å². The van der Waals surface area contributed by atoms with Crippen LogP contribution in [-0.4, -0.2) is 17.9 Å². The summed E-state index contributed by atoms with van der Waals surface area (Å²) in [5.41, 5.74) is 5.38. The molecule has 0 fully saturated rings. The summed E-state index contributed by atoms with van der Waals surface area (Å²) in [5, 5.41) is 2.36. The highest BCUT2D eigenvalue weighted by molar-refractivity contribution is 7.80. The molecule has 1 rings (SSSR count). The number of anilines is 1. The SMILES string of the molecule is NC(=S)Nc1ccc(OCC(F)(F)F)c(F)c1. The third-order valence-electron chi connectivity index (χ3n) is 1.59. The summed E-state index contributed by atoms with van der Waals surface area (Å²) in [6.45, 7) is -1.55. The second-order valence-corrected chi connectivity index (χ2v) is 3.48. The van der Waals surface area contributed by atoms with Gasteiger partial charge in [0.05, 0.1) is 0 Å². The fourth-order valence-corrected chi connectivity index (χ4v) is 1.12. The Kier molecular flexibility index (Phi) is 4.11. The molecule has 0 saturated carbocycles. The summed E-state index contributed by atoms with van der Waals surface area (Å²) in [6, 6.07) is 3.29. The van der Waals surface area contributed by atoms with E-state index in [0.717, 1.165) is 12.1 Å². The van der Waals surface area contributed by atoms with Crippen LogP contribution < -0.4 is 15.8 Å². The van der Waals surface area contributed by atoms with E-state index in [4.69, 9.17) is 5.73 Å². The Balaban J connectivity index is 2.73. The maximum Gasteiger partial charge on any atom is 0.422 e. The van der Waals surface area contributed by atoms with Crippen LogP contribution in [0, 0.1) is 5.82 Å². The molecule has 0 aliphatic rings. The summed E-state index contributed by atoms with van der Waals surface area (Å²) < 4.78 is 53.0. The average Bonchev–Trinajstić information content (AvgIpc) is 2.13. The van der Waals surface area contributed by atoms with Crippen LogP contribution in [0.4, 0.5) is 23.2 Å². The van der Waals surface area contributed by atoms with Crippen LogP contribution in [0.25, 0.3) is 0 Å². The molecular formula is C9H8F4N2OS. The van der Waals surface area contributed by atoms with Gasteiger partial charge in [0.15, 0.2) is 23.3 Å². The van der Waals surface area contributed by atoms with E-state index >= 15 is 0 Å². The minimum Gasteiger partial charge on any atom is -0.481 e. The molecule has 0 spiro atoms. The largest absolute Gasteiger partial charge is 0.481 e. The first-order valence-corrected chi connectivity index (χ1v) is 4.74. The molecule has 3 N–H and O–H groups in total. The van der Waals surface area contributed by atoms with Gasteiger partial charge in [-0.3, -0.25) is 0 Å². The Morgan fingerprint density at radius 2 is 2.06 bits per heavy atom. The molecule has 0 aliphatic heterocycles. The van der Waals surface area contributed by atoms with E-state index in [9.17, 15) is 17.6 Å². The van der Waals surface area contributed by atoms with Crippen LogP contribution >= 0.6 is 12.2 Å². The molecule has 1 aromatic rings. The van der Waals surface area contributed by atoms with Crippen molar-refractivity contribution in [2.45, 2.75) is 6.18 Å². The van der Waals surface area contributed by atoms with Gasteiger partial charge in [0.1, 0.15) is 0 Å². The van der Waals surface area contributed by atoms with Crippen molar-refractivity contribution in [3.8, 4) is 5.75 Å². The lowest BCUT2D eigenvalue weighted by Crippen LogP contribution is -2.20. The number of halogens is 4. The predicted molar refractivity (Wildman–Crippen MR) is 58.4 cm³/mol. The number of hydrogen-bond donors (Lipinski definition) is 2. The first-order valence-electron chi connectivity index (χ1n) is 4.33. The minimum absolute atomic E-state index is 0.0756. The third-order valence-corrected chi connectivity index (χ3v) is 1.69. The maximum atomic E-state index is 13.3. The summed E-state index contributed by atoms with van der Waals surface area (Å²) in [4.78, 5) is 0. The molecular weight excluding hydrogens is 260 g/mol. The van der Waals surface area contributed by atoms with E-state index in [1.165, 1.54) is 6.07 Å². The summed E-state index contributed by atoms with van der Waals surface area (Å²) in [6.07, 6.45) is -4.51. The lowest BCUT2D eigenvalue weighted by molar-refractivity contribution is -0.153. The van der Waals surface area contributed by atoms with Crippen molar-refractivity contribution in [1.29, 1.82) is 0 Å². The number of alkyl halides is 3. The summed E-state index contributed by atoms with van der Waals surface area (Å²) in [5.74, 6) is -1.42. The summed E-state index contributed by atoms with van der Waals surface area (Å²) >= 11 is 4.52. The van der Waals surface area contributed by atoms with Crippen molar-refractivity contribution in [2.24, 2.45) is 5.73 Å². The third kappa shape index (κ3) is 4.85. The fraction of sp³-hybridized carbons (Fsp3) is 0.222. The smallest absolute Gasteiger partial charge is 0.422 e. The number of ether oxygens (including phenoxy) is 1. The van der Waals surface area contributed by atoms with Gasteiger partial charge in [-0.2, -0.15) is 13.2 Å². The first kappa shape index (κ1) is 13.5. The zero-order valence-electron chi connectivity index (χ0n) is 8.34. The van der Waals surface area contributed by atoms with Gasteiger partial charge in [-0.15, -0.1) is 0 Å². The number of rotatable bonds is 3. The fourth-order valence-electron chi connectivity index (χ4n) is 0.997. The quantitative estimate of drug-likeness (QED) is 0.653. The molecule has 0 heterocycles. The Bertz CT molecular complexity index is 422. The molecule has 0 aromatic heterocycles. The molecule has 8 heteroatoms. The van der Waals surface area contributed by atoms with Gasteiger partial charge in [-0.25, -0.2) is 4.39 Å². The van der Waals surface area contributed by atoms with Gasteiger partial charge >= 0.3 is 6.18 Å². The van der Waals surface area contributed by atoms with Crippen LogP contribution in [0.2, 0.25) is 0 Å². The molecule has 0 radical (unpaired) electrons. The van der Waals surface area contributed by atoms with E-state index in [1.54, 1.807) is 0 Å². The Morgan fingerprint density at radius 3 is 2.53 bits per heavy atom. The number of nitrogens with one attached hydrogen (secondary N) is 1. The second kappa shape index (κ2) is 5.17. The van der Waals surface area contributed by atoms with Gasteiger partial charge in [0, 0.05) is 11.8 Å². The van der Waals surface area contributed by atoms with Crippen molar-refractivity contribution in [3.05, 3.63) is 24.0 Å². The summed E-state index contributed by atoms with van der Waals surface area (Å²) in [7, 11) is 0.